The summed E-state index contributed by atoms with van der Waals surface area (Å²) in [5.41, 5.74) is 1.17. The molecule has 0 atom stereocenters. The molecule has 5 nitrogen and oxygen atoms in total. The largest absolute Gasteiger partial charge is 0.527 e. The molecule has 0 aliphatic carbocycles. The Labute approximate surface area is 104 Å². The van der Waals surface area contributed by atoms with Crippen LogP contribution in [0.3, 0.4) is 0 Å². The predicted molar refractivity (Wildman–Crippen MR) is 65.2 cm³/mol. The molecule has 0 bridgehead atoms. The lowest BCUT2D eigenvalue weighted by molar-refractivity contribution is 0.251. The summed E-state index contributed by atoms with van der Waals surface area (Å²) in [6, 6.07) is 12.9. The average molecular weight is 268 g/mol. The number of benzene rings is 1. The number of hydrogen-bond donors (Lipinski definition) is 2. The Kier molecular flexibility index (Phi) is 3.87. The zero-order chi connectivity index (χ0) is 13.0. The van der Waals surface area contributed by atoms with Crippen LogP contribution in [0.25, 0.3) is 0 Å². The van der Waals surface area contributed by atoms with E-state index in [0.29, 0.717) is 12.2 Å². The second-order valence-corrected chi connectivity index (χ2v) is 4.95. The van der Waals surface area contributed by atoms with E-state index in [-0.39, 0.29) is 5.95 Å². The Hall–Kier alpha value is -1.55. The maximum Gasteiger partial charge on any atom is 0.527 e. The van der Waals surface area contributed by atoms with E-state index >= 15 is 0 Å². The van der Waals surface area contributed by atoms with Crippen molar-refractivity contribution < 1.29 is 23.3 Å². The zero-order valence-corrected chi connectivity index (χ0v) is 10.4. The van der Waals surface area contributed by atoms with E-state index in [9.17, 15) is 4.57 Å². The molecule has 0 saturated heterocycles. The summed E-state index contributed by atoms with van der Waals surface area (Å²) in [4.78, 5) is 17.2. The van der Waals surface area contributed by atoms with Crippen LogP contribution in [0.1, 0.15) is 11.3 Å². The van der Waals surface area contributed by atoms with Crippen molar-refractivity contribution >= 4 is 7.82 Å². The molecule has 0 unspecified atom stereocenters. The molecular weight excluding hydrogens is 255 g/mol. The summed E-state index contributed by atoms with van der Waals surface area (Å²) in [6.45, 7) is 0. The molecule has 0 spiro atoms. The fourth-order valence-corrected chi connectivity index (χ4v) is 1.90. The number of rotatable bonds is 5. The smallest absolute Gasteiger partial charge is 0.431 e. The van der Waals surface area contributed by atoms with Gasteiger partial charge in [-0.3, -0.25) is 9.79 Å². The molecule has 1 aromatic heterocycles. The molecule has 6 heteroatoms. The lowest BCUT2D eigenvalue weighted by Crippen LogP contribution is -1.89. The van der Waals surface area contributed by atoms with Gasteiger partial charge < -0.3 is 8.94 Å². The number of furan rings is 1. The molecule has 18 heavy (non-hydrogen) atoms. The van der Waals surface area contributed by atoms with Gasteiger partial charge in [-0.1, -0.05) is 30.3 Å². The van der Waals surface area contributed by atoms with Crippen LogP contribution in [-0.4, -0.2) is 9.79 Å². The highest BCUT2D eigenvalue weighted by molar-refractivity contribution is 7.46. The molecule has 2 N–H and O–H groups in total. The summed E-state index contributed by atoms with van der Waals surface area (Å²) in [6.07, 6.45) is 1.44. The van der Waals surface area contributed by atoms with Crippen molar-refractivity contribution in [2.75, 3.05) is 0 Å². The van der Waals surface area contributed by atoms with E-state index in [2.05, 4.69) is 4.52 Å². The van der Waals surface area contributed by atoms with Crippen molar-refractivity contribution in [2.45, 2.75) is 12.8 Å². The van der Waals surface area contributed by atoms with Crippen LogP contribution in [0, 0.1) is 0 Å². The molecule has 2 aromatic rings. The summed E-state index contributed by atoms with van der Waals surface area (Å²) in [7, 11) is -4.55. The predicted octanol–water partition coefficient (Wildman–Crippen LogP) is 2.54. The van der Waals surface area contributed by atoms with Crippen molar-refractivity contribution in [3.63, 3.8) is 0 Å². The summed E-state index contributed by atoms with van der Waals surface area (Å²) >= 11 is 0. The van der Waals surface area contributed by atoms with Gasteiger partial charge in [-0.2, -0.15) is 0 Å². The van der Waals surface area contributed by atoms with Crippen molar-refractivity contribution in [1.29, 1.82) is 0 Å². The number of hydrogen-bond acceptors (Lipinski definition) is 3. The molecule has 1 aromatic carbocycles. The molecule has 0 fully saturated rings. The normalized spacial score (nSPS) is 11.4. The summed E-state index contributed by atoms with van der Waals surface area (Å²) in [5.74, 6) is 0.466. The monoisotopic (exact) mass is 268 g/mol. The highest BCUT2D eigenvalue weighted by Crippen LogP contribution is 2.38. The number of phosphoric acid groups is 1. The van der Waals surface area contributed by atoms with E-state index in [1.165, 1.54) is 11.6 Å². The second-order valence-electron chi connectivity index (χ2n) is 3.79. The highest BCUT2D eigenvalue weighted by atomic mass is 31.2. The Morgan fingerprint density at radius 3 is 2.44 bits per heavy atom. The van der Waals surface area contributed by atoms with E-state index < -0.39 is 7.82 Å². The van der Waals surface area contributed by atoms with Gasteiger partial charge in [0.25, 0.3) is 5.95 Å². The first-order valence-corrected chi connectivity index (χ1v) is 6.94. The van der Waals surface area contributed by atoms with Gasteiger partial charge in [-0.05, 0) is 18.1 Å². The summed E-state index contributed by atoms with van der Waals surface area (Å²) in [5, 5.41) is 0. The van der Waals surface area contributed by atoms with Gasteiger partial charge in [-0.15, -0.1) is 0 Å². The van der Waals surface area contributed by atoms with Crippen LogP contribution in [0.4, 0.5) is 0 Å². The molecule has 2 rings (SSSR count). The van der Waals surface area contributed by atoms with Gasteiger partial charge in [0.1, 0.15) is 5.76 Å². The lowest BCUT2D eigenvalue weighted by atomic mass is 10.1. The Morgan fingerprint density at radius 1 is 1.06 bits per heavy atom. The molecule has 96 valence electrons. The first-order valence-electron chi connectivity index (χ1n) is 5.41. The molecule has 0 aliphatic heterocycles. The first kappa shape index (κ1) is 12.9. The third-order valence-corrected chi connectivity index (χ3v) is 2.77. The van der Waals surface area contributed by atoms with E-state index in [4.69, 9.17) is 14.2 Å². The quantitative estimate of drug-likeness (QED) is 0.814. The van der Waals surface area contributed by atoms with Crippen LogP contribution in [-0.2, 0) is 17.4 Å². The van der Waals surface area contributed by atoms with Gasteiger partial charge in [0, 0.05) is 12.5 Å². The third-order valence-electron chi connectivity index (χ3n) is 2.35. The van der Waals surface area contributed by atoms with Crippen LogP contribution < -0.4 is 4.52 Å². The van der Waals surface area contributed by atoms with Crippen molar-refractivity contribution in [1.82, 2.24) is 0 Å². The molecule has 1 heterocycles. The minimum atomic E-state index is -4.55. The molecule has 0 radical (unpaired) electrons. The highest BCUT2D eigenvalue weighted by Gasteiger charge is 2.18. The van der Waals surface area contributed by atoms with Gasteiger partial charge in [0.15, 0.2) is 0 Å². The Morgan fingerprint density at radius 2 is 1.78 bits per heavy atom. The SMILES string of the molecule is O=P(O)(O)Oc1ccc(CCc2ccccc2)o1. The maximum absolute atomic E-state index is 10.6. The van der Waals surface area contributed by atoms with Crippen LogP contribution in [0.2, 0.25) is 0 Å². The van der Waals surface area contributed by atoms with Crippen LogP contribution >= 0.6 is 7.82 Å². The first-order chi connectivity index (χ1) is 8.53. The zero-order valence-electron chi connectivity index (χ0n) is 9.52. The Balaban J connectivity index is 1.93. The van der Waals surface area contributed by atoms with Crippen molar-refractivity contribution in [3.8, 4) is 5.95 Å². The topological polar surface area (TPSA) is 79.9 Å². The van der Waals surface area contributed by atoms with Gasteiger partial charge in [0.2, 0.25) is 0 Å². The summed E-state index contributed by atoms with van der Waals surface area (Å²) < 4.78 is 20.1. The van der Waals surface area contributed by atoms with Gasteiger partial charge >= 0.3 is 7.82 Å². The lowest BCUT2D eigenvalue weighted by Gasteiger charge is -2.02. The van der Waals surface area contributed by atoms with E-state index in [1.54, 1.807) is 6.07 Å². The van der Waals surface area contributed by atoms with E-state index in [1.807, 2.05) is 30.3 Å². The van der Waals surface area contributed by atoms with Crippen molar-refractivity contribution in [3.05, 3.63) is 53.8 Å². The fraction of sp³-hybridized carbons (Fsp3) is 0.167. The second kappa shape index (κ2) is 5.40. The number of phosphoric ester groups is 1. The fourth-order valence-electron chi connectivity index (χ4n) is 1.57. The molecule has 0 amide bonds. The maximum atomic E-state index is 10.6. The van der Waals surface area contributed by atoms with Gasteiger partial charge in [0.05, 0.1) is 0 Å². The van der Waals surface area contributed by atoms with Crippen LogP contribution in [0.5, 0.6) is 5.95 Å². The Bertz CT molecular complexity index is 543. The minimum absolute atomic E-state index is 0.161. The number of aryl methyl sites for hydroxylation is 2. The minimum Gasteiger partial charge on any atom is -0.431 e. The molecule has 0 aliphatic rings. The van der Waals surface area contributed by atoms with Crippen LogP contribution in [0.15, 0.2) is 46.9 Å². The molecule has 0 saturated carbocycles. The van der Waals surface area contributed by atoms with E-state index in [0.717, 1.165) is 6.42 Å². The van der Waals surface area contributed by atoms with Gasteiger partial charge in [-0.25, -0.2) is 4.57 Å². The average Bonchev–Trinajstić information content (AvgIpc) is 2.73. The standard InChI is InChI=1S/C12H13O5P/c13-18(14,15)17-12-9-8-11(16-12)7-6-10-4-2-1-3-5-10/h1-5,8-9H,6-7H2,(H2,13,14,15). The third kappa shape index (κ3) is 4.04. The van der Waals surface area contributed by atoms with Crippen molar-refractivity contribution in [2.24, 2.45) is 0 Å². The molecular formula is C12H13O5P.